The predicted octanol–water partition coefficient (Wildman–Crippen LogP) is 5.39. The largest absolute Gasteiger partial charge is 0.481 e. The summed E-state index contributed by atoms with van der Waals surface area (Å²) in [7, 11) is 0. The van der Waals surface area contributed by atoms with Gasteiger partial charge < -0.3 is 5.11 Å². The molecule has 0 saturated heterocycles. The molecule has 0 amide bonds. The summed E-state index contributed by atoms with van der Waals surface area (Å²) in [6.45, 7) is 2.14. The van der Waals surface area contributed by atoms with Crippen LogP contribution >= 0.6 is 11.8 Å². The zero-order valence-corrected chi connectivity index (χ0v) is 13.9. The summed E-state index contributed by atoms with van der Waals surface area (Å²) in [6, 6.07) is 0. The molecular formula is C18H28O2S. The van der Waals surface area contributed by atoms with Gasteiger partial charge in [0.05, 0.1) is 6.42 Å². The van der Waals surface area contributed by atoms with Gasteiger partial charge in [-0.3, -0.25) is 4.79 Å². The van der Waals surface area contributed by atoms with Gasteiger partial charge in [-0.25, -0.2) is 0 Å². The van der Waals surface area contributed by atoms with Gasteiger partial charge in [-0.15, -0.1) is 0 Å². The summed E-state index contributed by atoms with van der Waals surface area (Å²) in [4.78, 5) is 10.3. The normalized spacial score (nSPS) is 12.4. The van der Waals surface area contributed by atoms with Crippen molar-refractivity contribution in [2.24, 2.45) is 0 Å². The van der Waals surface area contributed by atoms with Crippen molar-refractivity contribution in [2.45, 2.75) is 45.4 Å². The average Bonchev–Trinajstić information content (AvgIpc) is 2.46. The Hall–Kier alpha value is -1.22. The van der Waals surface area contributed by atoms with E-state index in [0.717, 1.165) is 37.9 Å². The van der Waals surface area contributed by atoms with Crippen LogP contribution in [0, 0.1) is 0 Å². The van der Waals surface area contributed by atoms with Gasteiger partial charge in [0.1, 0.15) is 0 Å². The van der Waals surface area contributed by atoms with E-state index >= 15 is 0 Å². The number of carboxylic acid groups (broad SMARTS) is 1. The maximum Gasteiger partial charge on any atom is 0.304 e. The van der Waals surface area contributed by atoms with Gasteiger partial charge >= 0.3 is 5.97 Å². The lowest BCUT2D eigenvalue weighted by atomic mass is 10.2. The van der Waals surface area contributed by atoms with E-state index < -0.39 is 5.97 Å². The van der Waals surface area contributed by atoms with Crippen LogP contribution in [0.25, 0.3) is 0 Å². The highest BCUT2D eigenvalue weighted by Gasteiger charge is 1.94. The SMILES string of the molecule is CC/C=C\C/C=C\C/C=C\C/C=C\CCSCCC(=O)O. The highest BCUT2D eigenvalue weighted by molar-refractivity contribution is 7.99. The Morgan fingerprint density at radius 2 is 1.38 bits per heavy atom. The molecule has 0 saturated carbocycles. The van der Waals surface area contributed by atoms with Gasteiger partial charge in [-0.1, -0.05) is 55.5 Å². The first kappa shape index (κ1) is 19.8. The van der Waals surface area contributed by atoms with E-state index in [4.69, 9.17) is 5.11 Å². The third-order valence-electron chi connectivity index (χ3n) is 2.61. The molecule has 1 N–H and O–H groups in total. The zero-order chi connectivity index (χ0) is 15.6. The van der Waals surface area contributed by atoms with Gasteiger partial charge in [0, 0.05) is 5.75 Å². The highest BCUT2D eigenvalue weighted by Crippen LogP contribution is 2.05. The van der Waals surface area contributed by atoms with Crippen LogP contribution in [0.3, 0.4) is 0 Å². The molecule has 0 aromatic heterocycles. The number of carboxylic acids is 1. The Labute approximate surface area is 133 Å². The average molecular weight is 308 g/mol. The minimum Gasteiger partial charge on any atom is -0.481 e. The van der Waals surface area contributed by atoms with E-state index in [1.165, 1.54) is 0 Å². The van der Waals surface area contributed by atoms with Crippen LogP contribution in [0.5, 0.6) is 0 Å². The van der Waals surface area contributed by atoms with Gasteiger partial charge in [-0.2, -0.15) is 11.8 Å². The Morgan fingerprint density at radius 3 is 1.90 bits per heavy atom. The predicted molar refractivity (Wildman–Crippen MR) is 94.9 cm³/mol. The van der Waals surface area contributed by atoms with E-state index in [0.29, 0.717) is 5.75 Å². The standard InChI is InChI=1S/C18H28O2S/c1-2-3-4-5-6-7-8-9-10-11-12-13-14-16-21-17-15-18(19)20/h3-4,6-7,9-10,12-13H,2,5,8,11,14-17H2,1H3,(H,19,20)/b4-3-,7-6-,10-9-,13-12-. The Kier molecular flexibility index (Phi) is 15.9. The molecule has 0 rings (SSSR count). The lowest BCUT2D eigenvalue weighted by molar-refractivity contribution is -0.136. The third-order valence-corrected chi connectivity index (χ3v) is 3.63. The van der Waals surface area contributed by atoms with Gasteiger partial charge in [-0.05, 0) is 37.9 Å². The lowest BCUT2D eigenvalue weighted by Gasteiger charge is -1.95. The van der Waals surface area contributed by atoms with Gasteiger partial charge in [0.2, 0.25) is 0 Å². The van der Waals surface area contributed by atoms with Crippen molar-refractivity contribution in [3.8, 4) is 0 Å². The molecule has 118 valence electrons. The van der Waals surface area contributed by atoms with Crippen molar-refractivity contribution in [1.82, 2.24) is 0 Å². The number of hydrogen-bond donors (Lipinski definition) is 1. The van der Waals surface area contributed by atoms with Crippen molar-refractivity contribution in [2.75, 3.05) is 11.5 Å². The third kappa shape index (κ3) is 18.8. The van der Waals surface area contributed by atoms with E-state index in [-0.39, 0.29) is 6.42 Å². The molecule has 0 radical (unpaired) electrons. The Morgan fingerprint density at radius 1 is 0.857 bits per heavy atom. The molecular weight excluding hydrogens is 280 g/mol. The van der Waals surface area contributed by atoms with Crippen molar-refractivity contribution >= 4 is 17.7 Å². The van der Waals surface area contributed by atoms with Crippen LogP contribution in [0.15, 0.2) is 48.6 Å². The fourth-order valence-electron chi connectivity index (χ4n) is 1.51. The first-order valence-corrected chi connectivity index (χ1v) is 8.82. The number of hydrogen-bond acceptors (Lipinski definition) is 2. The van der Waals surface area contributed by atoms with Crippen molar-refractivity contribution in [1.29, 1.82) is 0 Å². The molecule has 21 heavy (non-hydrogen) atoms. The summed E-state index contributed by atoms with van der Waals surface area (Å²) in [5.41, 5.74) is 0. The maximum absolute atomic E-state index is 10.3. The molecule has 0 bridgehead atoms. The van der Waals surface area contributed by atoms with Crippen LogP contribution in [0.1, 0.15) is 45.4 Å². The molecule has 0 aliphatic carbocycles. The molecule has 0 aromatic carbocycles. The molecule has 0 aliphatic rings. The molecule has 0 aliphatic heterocycles. The molecule has 0 aromatic rings. The van der Waals surface area contributed by atoms with Crippen molar-refractivity contribution in [3.05, 3.63) is 48.6 Å². The first-order chi connectivity index (χ1) is 10.3. The Bertz CT molecular complexity index is 354. The van der Waals surface area contributed by atoms with Crippen molar-refractivity contribution < 1.29 is 9.90 Å². The molecule has 0 spiro atoms. The lowest BCUT2D eigenvalue weighted by Crippen LogP contribution is -1.96. The molecule has 0 fully saturated rings. The number of thioether (sulfide) groups is 1. The smallest absolute Gasteiger partial charge is 0.304 e. The first-order valence-electron chi connectivity index (χ1n) is 7.67. The van der Waals surface area contributed by atoms with Crippen LogP contribution in [0.2, 0.25) is 0 Å². The summed E-state index contributed by atoms with van der Waals surface area (Å²) in [6.07, 6.45) is 22.9. The Balaban J connectivity index is 3.36. The summed E-state index contributed by atoms with van der Waals surface area (Å²) in [5, 5.41) is 8.49. The van der Waals surface area contributed by atoms with Crippen LogP contribution in [-0.2, 0) is 4.79 Å². The van der Waals surface area contributed by atoms with Crippen LogP contribution in [0.4, 0.5) is 0 Å². The van der Waals surface area contributed by atoms with Crippen LogP contribution < -0.4 is 0 Å². The molecule has 0 unspecified atom stereocenters. The summed E-state index contributed by atoms with van der Waals surface area (Å²) in [5.74, 6) is 1.00. The molecule has 2 nitrogen and oxygen atoms in total. The van der Waals surface area contributed by atoms with Crippen LogP contribution in [-0.4, -0.2) is 22.6 Å². The maximum atomic E-state index is 10.3. The fourth-order valence-corrected chi connectivity index (χ4v) is 2.34. The fraction of sp³-hybridized carbons (Fsp3) is 0.500. The number of aliphatic carboxylic acids is 1. The van der Waals surface area contributed by atoms with E-state index in [9.17, 15) is 4.79 Å². The van der Waals surface area contributed by atoms with E-state index in [1.807, 2.05) is 0 Å². The second-order valence-corrected chi connectivity index (χ2v) is 5.77. The summed E-state index contributed by atoms with van der Waals surface area (Å²) < 4.78 is 0. The minimum absolute atomic E-state index is 0.263. The van der Waals surface area contributed by atoms with E-state index in [1.54, 1.807) is 11.8 Å². The summed E-state index contributed by atoms with van der Waals surface area (Å²) >= 11 is 1.70. The van der Waals surface area contributed by atoms with Gasteiger partial charge in [0.25, 0.3) is 0 Å². The zero-order valence-electron chi connectivity index (χ0n) is 13.0. The monoisotopic (exact) mass is 308 g/mol. The van der Waals surface area contributed by atoms with Crippen molar-refractivity contribution in [3.63, 3.8) is 0 Å². The number of carbonyl (C=O) groups is 1. The number of allylic oxidation sites excluding steroid dienone is 8. The minimum atomic E-state index is -0.710. The topological polar surface area (TPSA) is 37.3 Å². The molecule has 0 atom stereocenters. The second-order valence-electron chi connectivity index (χ2n) is 4.55. The molecule has 0 heterocycles. The molecule has 3 heteroatoms. The quantitative estimate of drug-likeness (QED) is 0.366. The number of rotatable bonds is 13. The highest BCUT2D eigenvalue weighted by atomic mass is 32.2. The van der Waals surface area contributed by atoms with E-state index in [2.05, 4.69) is 55.5 Å². The second kappa shape index (κ2) is 16.8. The van der Waals surface area contributed by atoms with Gasteiger partial charge in [0.15, 0.2) is 0 Å².